The molecule has 25 heavy (non-hydrogen) atoms. The van der Waals surface area contributed by atoms with Crippen LogP contribution in [0.3, 0.4) is 0 Å². The zero-order chi connectivity index (χ0) is 17.6. The number of amides is 1. The minimum absolute atomic E-state index is 0.0536. The van der Waals surface area contributed by atoms with Gasteiger partial charge < -0.3 is 15.2 Å². The molecule has 2 heterocycles. The number of hydrogen-bond acceptors (Lipinski definition) is 4. The second kappa shape index (κ2) is 8.81. The van der Waals surface area contributed by atoms with E-state index in [2.05, 4.69) is 5.32 Å². The summed E-state index contributed by atoms with van der Waals surface area (Å²) >= 11 is 1.55. The van der Waals surface area contributed by atoms with Gasteiger partial charge in [0.2, 0.25) is 0 Å². The Morgan fingerprint density at radius 3 is 2.84 bits per heavy atom. The average molecular weight is 365 g/mol. The zero-order valence-electron chi connectivity index (χ0n) is 14.6. The van der Waals surface area contributed by atoms with Crippen molar-refractivity contribution in [2.24, 2.45) is 5.92 Å². The highest BCUT2D eigenvalue weighted by molar-refractivity contribution is 7.14. The number of nitrogens with one attached hydrogen (secondary N) is 1. The van der Waals surface area contributed by atoms with Gasteiger partial charge in [-0.05, 0) is 30.4 Å². The van der Waals surface area contributed by atoms with E-state index in [1.165, 1.54) is 37.0 Å². The minimum Gasteiger partial charge on any atom is -0.481 e. The molecule has 0 aromatic carbocycles. The van der Waals surface area contributed by atoms with Gasteiger partial charge in [0.1, 0.15) is 0 Å². The first-order chi connectivity index (χ1) is 12.1. The summed E-state index contributed by atoms with van der Waals surface area (Å²) in [6, 6.07) is 1.88. The fourth-order valence-electron chi connectivity index (χ4n) is 3.89. The fourth-order valence-corrected chi connectivity index (χ4v) is 4.94. The van der Waals surface area contributed by atoms with Gasteiger partial charge in [0.15, 0.2) is 0 Å². The molecule has 1 saturated carbocycles. The Hall–Kier alpha value is -1.40. The summed E-state index contributed by atoms with van der Waals surface area (Å²) in [4.78, 5) is 25.6. The first-order valence-corrected chi connectivity index (χ1v) is 10.2. The molecule has 0 spiro atoms. The van der Waals surface area contributed by atoms with Crippen LogP contribution in [0.25, 0.3) is 0 Å². The van der Waals surface area contributed by atoms with Crippen molar-refractivity contribution in [1.29, 1.82) is 0 Å². The molecule has 138 valence electrons. The van der Waals surface area contributed by atoms with E-state index in [1.807, 2.05) is 6.07 Å². The SMILES string of the molecule is O=C(O)CCC(CC1CCCCC1)NC(=O)c1cc2c(s1)CCOC2. The molecule has 1 amide bonds. The van der Waals surface area contributed by atoms with Gasteiger partial charge in [0.05, 0.1) is 18.1 Å². The lowest BCUT2D eigenvalue weighted by molar-refractivity contribution is -0.137. The van der Waals surface area contributed by atoms with E-state index in [-0.39, 0.29) is 18.4 Å². The number of hydrogen-bond donors (Lipinski definition) is 2. The number of aliphatic carboxylic acids is 1. The van der Waals surface area contributed by atoms with Crippen LogP contribution in [0.15, 0.2) is 6.07 Å². The highest BCUT2D eigenvalue weighted by Crippen LogP contribution is 2.29. The summed E-state index contributed by atoms with van der Waals surface area (Å²) in [5, 5.41) is 12.1. The molecule has 3 rings (SSSR count). The number of carbonyl (C=O) groups excluding carboxylic acids is 1. The Labute approximate surface area is 152 Å². The molecule has 5 nitrogen and oxygen atoms in total. The van der Waals surface area contributed by atoms with Crippen molar-refractivity contribution in [2.75, 3.05) is 6.61 Å². The molecule has 1 aliphatic carbocycles. The van der Waals surface area contributed by atoms with Crippen LogP contribution in [0.5, 0.6) is 0 Å². The molecule has 1 fully saturated rings. The zero-order valence-corrected chi connectivity index (χ0v) is 15.4. The second-order valence-electron chi connectivity index (χ2n) is 7.20. The van der Waals surface area contributed by atoms with Gasteiger partial charge in [-0.25, -0.2) is 0 Å². The number of ether oxygens (including phenoxy) is 1. The summed E-state index contributed by atoms with van der Waals surface area (Å²) in [5.74, 6) is -0.255. The maximum atomic E-state index is 12.7. The van der Waals surface area contributed by atoms with E-state index in [4.69, 9.17) is 9.84 Å². The monoisotopic (exact) mass is 365 g/mol. The first-order valence-electron chi connectivity index (χ1n) is 9.34. The van der Waals surface area contributed by atoms with Crippen LogP contribution in [0.2, 0.25) is 0 Å². The lowest BCUT2D eigenvalue weighted by atomic mass is 9.84. The summed E-state index contributed by atoms with van der Waals surface area (Å²) in [6.45, 7) is 1.31. The molecule has 0 radical (unpaired) electrons. The van der Waals surface area contributed by atoms with Crippen LogP contribution < -0.4 is 5.32 Å². The predicted octanol–water partition coefficient (Wildman–Crippen LogP) is 3.75. The highest BCUT2D eigenvalue weighted by atomic mass is 32.1. The van der Waals surface area contributed by atoms with Crippen molar-refractivity contribution >= 4 is 23.2 Å². The number of fused-ring (bicyclic) bond motifs is 1. The molecular formula is C19H27NO4S. The maximum Gasteiger partial charge on any atom is 0.303 e. The Morgan fingerprint density at radius 2 is 2.12 bits per heavy atom. The molecule has 6 heteroatoms. The fraction of sp³-hybridized carbons (Fsp3) is 0.684. The van der Waals surface area contributed by atoms with Crippen molar-refractivity contribution < 1.29 is 19.4 Å². The van der Waals surface area contributed by atoms with Crippen LogP contribution in [0.1, 0.15) is 71.5 Å². The van der Waals surface area contributed by atoms with E-state index >= 15 is 0 Å². The van der Waals surface area contributed by atoms with E-state index in [9.17, 15) is 9.59 Å². The number of carboxylic acid groups (broad SMARTS) is 1. The lowest BCUT2D eigenvalue weighted by Crippen LogP contribution is -2.36. The summed E-state index contributed by atoms with van der Waals surface area (Å²) < 4.78 is 5.45. The van der Waals surface area contributed by atoms with Crippen molar-refractivity contribution in [3.05, 3.63) is 21.4 Å². The molecule has 2 aliphatic rings. The van der Waals surface area contributed by atoms with Crippen LogP contribution in [0, 0.1) is 5.92 Å². The van der Waals surface area contributed by atoms with E-state index in [0.29, 0.717) is 18.9 Å². The molecule has 1 aromatic heterocycles. The Kier molecular flexibility index (Phi) is 6.48. The van der Waals surface area contributed by atoms with Gasteiger partial charge in [0.25, 0.3) is 5.91 Å². The Balaban J connectivity index is 1.61. The van der Waals surface area contributed by atoms with Gasteiger partial charge in [-0.3, -0.25) is 9.59 Å². The van der Waals surface area contributed by atoms with Crippen LogP contribution in [-0.4, -0.2) is 29.6 Å². The molecular weight excluding hydrogens is 338 g/mol. The number of thiophene rings is 1. The van der Waals surface area contributed by atoms with Gasteiger partial charge in [0, 0.05) is 23.8 Å². The number of rotatable bonds is 7. The molecule has 1 aromatic rings. The van der Waals surface area contributed by atoms with Crippen LogP contribution >= 0.6 is 11.3 Å². The quantitative estimate of drug-likeness (QED) is 0.771. The maximum absolute atomic E-state index is 12.7. The lowest BCUT2D eigenvalue weighted by Gasteiger charge is -2.27. The third-order valence-electron chi connectivity index (χ3n) is 5.24. The topological polar surface area (TPSA) is 75.6 Å². The average Bonchev–Trinajstić information content (AvgIpc) is 3.05. The molecule has 1 aliphatic heterocycles. The van der Waals surface area contributed by atoms with Crippen molar-refractivity contribution in [1.82, 2.24) is 5.32 Å². The van der Waals surface area contributed by atoms with Gasteiger partial charge >= 0.3 is 5.97 Å². The second-order valence-corrected chi connectivity index (χ2v) is 8.34. The molecule has 2 N–H and O–H groups in total. The van der Waals surface area contributed by atoms with Crippen molar-refractivity contribution in [3.8, 4) is 0 Å². The number of carboxylic acids is 1. The third-order valence-corrected chi connectivity index (χ3v) is 6.47. The van der Waals surface area contributed by atoms with E-state index < -0.39 is 5.97 Å². The Bertz CT molecular complexity index is 583. The molecule has 0 bridgehead atoms. The van der Waals surface area contributed by atoms with Crippen molar-refractivity contribution in [2.45, 2.75) is 70.4 Å². The largest absolute Gasteiger partial charge is 0.481 e. The highest BCUT2D eigenvalue weighted by Gasteiger charge is 2.23. The van der Waals surface area contributed by atoms with E-state index in [1.54, 1.807) is 11.3 Å². The van der Waals surface area contributed by atoms with Gasteiger partial charge in [-0.15, -0.1) is 11.3 Å². The summed E-state index contributed by atoms with van der Waals surface area (Å²) in [7, 11) is 0. The minimum atomic E-state index is -0.799. The van der Waals surface area contributed by atoms with Gasteiger partial charge in [-0.2, -0.15) is 0 Å². The Morgan fingerprint density at radius 1 is 1.32 bits per heavy atom. The van der Waals surface area contributed by atoms with Crippen molar-refractivity contribution in [3.63, 3.8) is 0 Å². The number of carbonyl (C=O) groups is 2. The summed E-state index contributed by atoms with van der Waals surface area (Å²) in [5.41, 5.74) is 1.12. The van der Waals surface area contributed by atoms with Crippen LogP contribution in [-0.2, 0) is 22.6 Å². The summed E-state index contributed by atoms with van der Waals surface area (Å²) in [6.07, 6.45) is 8.58. The first kappa shape index (κ1) is 18.4. The van der Waals surface area contributed by atoms with E-state index in [0.717, 1.165) is 29.9 Å². The third kappa shape index (κ3) is 5.28. The predicted molar refractivity (Wildman–Crippen MR) is 97.0 cm³/mol. The molecule has 0 saturated heterocycles. The molecule has 1 atom stereocenters. The van der Waals surface area contributed by atoms with Gasteiger partial charge in [-0.1, -0.05) is 32.1 Å². The molecule has 1 unspecified atom stereocenters. The van der Waals surface area contributed by atoms with Crippen LogP contribution in [0.4, 0.5) is 0 Å². The smallest absolute Gasteiger partial charge is 0.303 e. The standard InChI is InChI=1S/C19H27NO4S/c21-18(22)7-6-15(10-13-4-2-1-3-5-13)20-19(23)17-11-14-12-24-9-8-16(14)25-17/h11,13,15H,1-10,12H2,(H,20,23)(H,21,22). The normalized spacial score (nSPS) is 19.2.